The molecule has 5 N–H and O–H groups in total. The van der Waals surface area contributed by atoms with Crippen LogP contribution in [0.3, 0.4) is 0 Å². The first-order valence-corrected chi connectivity index (χ1v) is 8.04. The van der Waals surface area contributed by atoms with E-state index >= 15 is 0 Å². The highest BCUT2D eigenvalue weighted by molar-refractivity contribution is 6.22. The molecule has 0 heterocycles. The molecule has 1 aromatic rings. The highest BCUT2D eigenvalue weighted by Crippen LogP contribution is 2.18. The molecule has 1 aliphatic rings. The van der Waals surface area contributed by atoms with Crippen LogP contribution in [-0.2, 0) is 11.2 Å². The minimum absolute atomic E-state index is 0.153. The fraction of sp³-hybridized carbons (Fsp3) is 0.333. The lowest BCUT2D eigenvalue weighted by molar-refractivity contribution is 0.250. The third kappa shape index (κ3) is 5.04. The SMILES string of the molecule is CCOC1=CC(=Nc2ccc(CCNCCO)cc2)C(N)=CC1=N. The smallest absolute Gasteiger partial charge is 0.146 e. The number of nitrogens with two attached hydrogens (primary N) is 1. The van der Waals surface area contributed by atoms with Crippen LogP contribution in [0, 0.1) is 5.41 Å². The molecule has 0 aromatic heterocycles. The Hall–Kier alpha value is -2.44. The van der Waals surface area contributed by atoms with Crippen molar-refractivity contribution in [2.45, 2.75) is 13.3 Å². The van der Waals surface area contributed by atoms with E-state index in [9.17, 15) is 0 Å². The van der Waals surface area contributed by atoms with Crippen LogP contribution in [0.2, 0.25) is 0 Å². The van der Waals surface area contributed by atoms with Crippen LogP contribution < -0.4 is 11.1 Å². The summed E-state index contributed by atoms with van der Waals surface area (Å²) in [6.07, 6.45) is 4.16. The van der Waals surface area contributed by atoms with Gasteiger partial charge < -0.3 is 20.9 Å². The van der Waals surface area contributed by atoms with Crippen molar-refractivity contribution in [2.24, 2.45) is 10.7 Å². The number of aliphatic hydroxyl groups excluding tert-OH is 1. The molecule has 1 aromatic carbocycles. The molecular formula is C18H24N4O2. The van der Waals surface area contributed by atoms with Crippen LogP contribution in [0.5, 0.6) is 0 Å². The predicted octanol–water partition coefficient (Wildman–Crippen LogP) is 1.68. The van der Waals surface area contributed by atoms with E-state index in [1.807, 2.05) is 31.2 Å². The summed E-state index contributed by atoms with van der Waals surface area (Å²) in [6, 6.07) is 7.93. The van der Waals surface area contributed by atoms with E-state index in [-0.39, 0.29) is 12.3 Å². The van der Waals surface area contributed by atoms with Gasteiger partial charge in [0.25, 0.3) is 0 Å². The van der Waals surface area contributed by atoms with Gasteiger partial charge in [0.2, 0.25) is 0 Å². The summed E-state index contributed by atoms with van der Waals surface area (Å²) in [5.41, 5.74) is 9.28. The highest BCUT2D eigenvalue weighted by atomic mass is 16.5. The van der Waals surface area contributed by atoms with Crippen molar-refractivity contribution in [1.82, 2.24) is 5.32 Å². The first-order chi connectivity index (χ1) is 11.6. The Kier molecular flexibility index (Phi) is 6.72. The number of hydrogen-bond acceptors (Lipinski definition) is 6. The maximum absolute atomic E-state index is 8.73. The van der Waals surface area contributed by atoms with Crippen molar-refractivity contribution in [2.75, 3.05) is 26.3 Å². The molecule has 6 heteroatoms. The van der Waals surface area contributed by atoms with Gasteiger partial charge in [0.15, 0.2) is 0 Å². The van der Waals surface area contributed by atoms with Crippen LogP contribution in [0.1, 0.15) is 12.5 Å². The Balaban J connectivity index is 2.07. The van der Waals surface area contributed by atoms with Crippen LogP contribution in [0.4, 0.5) is 5.69 Å². The number of benzene rings is 1. The molecule has 24 heavy (non-hydrogen) atoms. The van der Waals surface area contributed by atoms with E-state index in [4.69, 9.17) is 21.0 Å². The third-order valence-electron chi connectivity index (χ3n) is 3.49. The molecule has 0 saturated carbocycles. The van der Waals surface area contributed by atoms with Gasteiger partial charge in [-0.3, -0.25) is 5.41 Å². The largest absolute Gasteiger partial charge is 0.492 e. The summed E-state index contributed by atoms with van der Waals surface area (Å²) in [6.45, 7) is 3.96. The van der Waals surface area contributed by atoms with Crippen molar-refractivity contribution in [3.8, 4) is 0 Å². The second kappa shape index (κ2) is 9.00. The summed E-state index contributed by atoms with van der Waals surface area (Å²) in [4.78, 5) is 4.54. The number of ether oxygens (including phenoxy) is 1. The van der Waals surface area contributed by atoms with Crippen LogP contribution in [0.25, 0.3) is 0 Å². The lowest BCUT2D eigenvalue weighted by Crippen LogP contribution is -2.20. The summed E-state index contributed by atoms with van der Waals surface area (Å²) in [5, 5.41) is 19.7. The van der Waals surface area contributed by atoms with Gasteiger partial charge >= 0.3 is 0 Å². The molecule has 0 bridgehead atoms. The Morgan fingerprint density at radius 1 is 1.21 bits per heavy atom. The molecule has 0 fully saturated rings. The minimum atomic E-state index is 0.153. The molecule has 0 atom stereocenters. The molecule has 0 saturated heterocycles. The average molecular weight is 328 g/mol. The summed E-state index contributed by atoms with van der Waals surface area (Å²) < 4.78 is 5.43. The Labute approximate surface area is 142 Å². The minimum Gasteiger partial charge on any atom is -0.492 e. The summed E-state index contributed by atoms with van der Waals surface area (Å²) in [5.74, 6) is 0.483. The van der Waals surface area contributed by atoms with Gasteiger partial charge in [-0.15, -0.1) is 0 Å². The van der Waals surface area contributed by atoms with Crippen LogP contribution >= 0.6 is 0 Å². The standard InChI is InChI=1S/C18H24N4O2/c1-2-24-18-12-17(15(19)11-16(18)20)22-14-5-3-13(4-6-14)7-8-21-9-10-23/h3-6,11-12,20-21,23H,2,7-10,19H2,1H3. The molecule has 1 aliphatic carbocycles. The molecule has 0 spiro atoms. The normalized spacial score (nSPS) is 16.1. The van der Waals surface area contributed by atoms with Crippen molar-refractivity contribution in [3.05, 3.63) is 53.4 Å². The van der Waals surface area contributed by atoms with Crippen LogP contribution in [-0.4, -0.2) is 42.8 Å². The fourth-order valence-corrected chi connectivity index (χ4v) is 2.27. The van der Waals surface area contributed by atoms with Crippen molar-refractivity contribution in [3.63, 3.8) is 0 Å². The maximum Gasteiger partial charge on any atom is 0.146 e. The maximum atomic E-state index is 8.73. The third-order valence-corrected chi connectivity index (χ3v) is 3.49. The molecular weight excluding hydrogens is 304 g/mol. The number of nitrogens with one attached hydrogen (secondary N) is 2. The molecule has 0 aliphatic heterocycles. The molecule has 128 valence electrons. The number of aliphatic hydroxyl groups is 1. The van der Waals surface area contributed by atoms with E-state index in [0.717, 1.165) is 18.7 Å². The van der Waals surface area contributed by atoms with Crippen molar-refractivity contribution in [1.29, 1.82) is 5.41 Å². The molecule has 0 amide bonds. The van der Waals surface area contributed by atoms with E-state index < -0.39 is 0 Å². The molecule has 2 rings (SSSR count). The fourth-order valence-electron chi connectivity index (χ4n) is 2.27. The first-order valence-electron chi connectivity index (χ1n) is 8.04. The Bertz CT molecular complexity index is 660. The van der Waals surface area contributed by atoms with Crippen molar-refractivity contribution < 1.29 is 9.84 Å². The second-order valence-electron chi connectivity index (χ2n) is 5.34. The highest BCUT2D eigenvalue weighted by Gasteiger charge is 2.15. The lowest BCUT2D eigenvalue weighted by Gasteiger charge is -2.14. The summed E-state index contributed by atoms with van der Waals surface area (Å²) in [7, 11) is 0. The van der Waals surface area contributed by atoms with E-state index in [2.05, 4.69) is 10.3 Å². The number of aliphatic imine (C=N–C) groups is 1. The first kappa shape index (κ1) is 17.9. The van der Waals surface area contributed by atoms with Crippen molar-refractivity contribution >= 4 is 17.1 Å². The van der Waals surface area contributed by atoms with E-state index in [1.54, 1.807) is 12.2 Å². The summed E-state index contributed by atoms with van der Waals surface area (Å²) >= 11 is 0. The van der Waals surface area contributed by atoms with Gasteiger partial charge in [-0.25, -0.2) is 4.99 Å². The second-order valence-corrected chi connectivity index (χ2v) is 5.34. The zero-order valence-electron chi connectivity index (χ0n) is 13.9. The molecule has 0 radical (unpaired) electrons. The van der Waals surface area contributed by atoms with Crippen LogP contribution in [0.15, 0.2) is 52.9 Å². The van der Waals surface area contributed by atoms with Gasteiger partial charge in [0, 0.05) is 12.6 Å². The topological polar surface area (TPSA) is 104 Å². The van der Waals surface area contributed by atoms with Gasteiger partial charge in [0.05, 0.1) is 36.0 Å². The van der Waals surface area contributed by atoms with Gasteiger partial charge in [-0.1, -0.05) is 12.1 Å². The molecule has 6 nitrogen and oxygen atoms in total. The zero-order valence-corrected chi connectivity index (χ0v) is 13.9. The monoisotopic (exact) mass is 328 g/mol. The lowest BCUT2D eigenvalue weighted by atomic mass is 10.1. The van der Waals surface area contributed by atoms with E-state index in [0.29, 0.717) is 30.3 Å². The average Bonchev–Trinajstić information content (AvgIpc) is 2.57. The number of hydrogen-bond donors (Lipinski definition) is 4. The van der Waals surface area contributed by atoms with E-state index in [1.165, 1.54) is 5.56 Å². The van der Waals surface area contributed by atoms with Gasteiger partial charge in [-0.05, 0) is 43.7 Å². The van der Waals surface area contributed by atoms with Gasteiger partial charge in [-0.2, -0.15) is 0 Å². The van der Waals surface area contributed by atoms with Gasteiger partial charge in [0.1, 0.15) is 5.76 Å². The number of allylic oxidation sites excluding steroid dienone is 2. The zero-order chi connectivity index (χ0) is 17.4. The number of rotatable bonds is 8. The molecule has 0 unspecified atom stereocenters. The Morgan fingerprint density at radius 3 is 2.62 bits per heavy atom. The quantitative estimate of drug-likeness (QED) is 0.430. The number of nitrogens with zero attached hydrogens (tertiary/aromatic N) is 1. The predicted molar refractivity (Wildman–Crippen MR) is 96.9 cm³/mol. The Morgan fingerprint density at radius 2 is 1.96 bits per heavy atom.